The van der Waals surface area contributed by atoms with Crippen LogP contribution in [0.15, 0.2) is 52.4 Å². The third-order valence-electron chi connectivity index (χ3n) is 5.85. The number of hydrogen-bond acceptors (Lipinski definition) is 3. The van der Waals surface area contributed by atoms with Gasteiger partial charge < -0.3 is 9.83 Å². The number of anilines is 1. The molecule has 0 saturated carbocycles. The van der Waals surface area contributed by atoms with E-state index in [2.05, 4.69) is 21.6 Å². The zero-order valence-corrected chi connectivity index (χ0v) is 22.6. The minimum atomic E-state index is -1.84. The van der Waals surface area contributed by atoms with Gasteiger partial charge in [0, 0.05) is 24.6 Å². The Labute approximate surface area is 227 Å². The summed E-state index contributed by atoms with van der Waals surface area (Å²) in [6, 6.07) is 10.7. The van der Waals surface area contributed by atoms with E-state index in [1.54, 1.807) is 36.5 Å². The third-order valence-corrected chi connectivity index (χ3v) is 7.74. The molecule has 3 aromatic carbocycles. The summed E-state index contributed by atoms with van der Waals surface area (Å²) in [7, 11) is -1.84. The molecular weight excluding hydrogens is 534 g/mol. The summed E-state index contributed by atoms with van der Waals surface area (Å²) in [5, 5.41) is 10.2. The maximum atomic E-state index is 14.8. The maximum absolute atomic E-state index is 14.8. The summed E-state index contributed by atoms with van der Waals surface area (Å²) < 4.78 is 31.0. The van der Waals surface area contributed by atoms with Crippen molar-refractivity contribution in [3.05, 3.63) is 75.0 Å². The first kappa shape index (κ1) is 26.9. The summed E-state index contributed by atoms with van der Waals surface area (Å²) in [6.07, 6.45) is 2.19. The van der Waals surface area contributed by atoms with Crippen LogP contribution < -0.4 is 4.72 Å². The van der Waals surface area contributed by atoms with E-state index in [1.165, 1.54) is 12.1 Å². The molecule has 1 aliphatic heterocycles. The number of aliphatic imine (C=N–C) groups is 1. The van der Waals surface area contributed by atoms with E-state index in [0.717, 1.165) is 0 Å². The molecule has 1 unspecified atom stereocenters. The second kappa shape index (κ2) is 10.7. The van der Waals surface area contributed by atoms with Gasteiger partial charge in [0.05, 0.1) is 31.9 Å². The van der Waals surface area contributed by atoms with Gasteiger partial charge in [0.15, 0.2) is 0 Å². The van der Waals surface area contributed by atoms with Crippen molar-refractivity contribution in [1.29, 1.82) is 0 Å². The molecule has 5 nitrogen and oxygen atoms in total. The van der Waals surface area contributed by atoms with Gasteiger partial charge >= 0.3 is 5.97 Å². The molecule has 0 saturated heterocycles. The van der Waals surface area contributed by atoms with Gasteiger partial charge in [0.2, 0.25) is 0 Å². The summed E-state index contributed by atoms with van der Waals surface area (Å²) in [6.45, 7) is 5.70. The summed E-state index contributed by atoms with van der Waals surface area (Å²) in [4.78, 5) is 16.5. The lowest BCUT2D eigenvalue weighted by atomic mass is 9.87. The van der Waals surface area contributed by atoms with Gasteiger partial charge in [-0.15, -0.1) is 0 Å². The lowest BCUT2D eigenvalue weighted by molar-refractivity contribution is 0.0697. The van der Waals surface area contributed by atoms with Crippen molar-refractivity contribution in [3.8, 4) is 23.0 Å². The van der Waals surface area contributed by atoms with Gasteiger partial charge in [-0.3, -0.25) is 4.99 Å². The molecule has 4 rings (SSSR count). The molecule has 2 N–H and O–H groups in total. The standard InChI is InChI=1S/C28H23Cl2FN2O3S/c1-28(2,3)20-11-8-16(15-22(20)31)37(36)33-23-13-12-21(29)25(30)24(23)17-9-10-19(27(34)35)26-18(17)7-5-4-6-14-32-26/h8-15,33H,6-7H2,1-3H3,(H,34,35). The molecule has 0 radical (unpaired) electrons. The molecule has 1 heterocycles. The van der Waals surface area contributed by atoms with E-state index < -0.39 is 28.2 Å². The minimum Gasteiger partial charge on any atom is -0.478 e. The van der Waals surface area contributed by atoms with Crippen LogP contribution in [0.4, 0.5) is 15.8 Å². The highest BCUT2D eigenvalue weighted by atomic mass is 35.5. The molecule has 0 spiro atoms. The Morgan fingerprint density at radius 3 is 2.57 bits per heavy atom. The van der Waals surface area contributed by atoms with Crippen molar-refractivity contribution in [3.63, 3.8) is 0 Å². The van der Waals surface area contributed by atoms with Crippen LogP contribution in [0, 0.1) is 17.7 Å². The molecule has 3 aromatic rings. The van der Waals surface area contributed by atoms with Crippen molar-refractivity contribution in [2.45, 2.75) is 43.9 Å². The molecule has 0 amide bonds. The van der Waals surface area contributed by atoms with Gasteiger partial charge in [0.25, 0.3) is 0 Å². The number of carboxylic acids is 1. The fraction of sp³-hybridized carbons (Fsp3) is 0.214. The van der Waals surface area contributed by atoms with E-state index in [0.29, 0.717) is 34.4 Å². The maximum Gasteiger partial charge on any atom is 0.337 e. The molecule has 0 bridgehead atoms. The fourth-order valence-electron chi connectivity index (χ4n) is 4.05. The first-order chi connectivity index (χ1) is 17.5. The fourth-order valence-corrected chi connectivity index (χ4v) is 5.37. The van der Waals surface area contributed by atoms with E-state index in [9.17, 15) is 18.5 Å². The van der Waals surface area contributed by atoms with Gasteiger partial charge in [-0.1, -0.05) is 67.9 Å². The summed E-state index contributed by atoms with van der Waals surface area (Å²) in [5.41, 5.74) is 2.32. The van der Waals surface area contributed by atoms with Crippen LogP contribution >= 0.6 is 23.2 Å². The Bertz CT molecular complexity index is 1540. The number of carboxylic acid groups (broad SMARTS) is 1. The zero-order chi connectivity index (χ0) is 26.9. The van der Waals surface area contributed by atoms with Crippen LogP contribution in [0.25, 0.3) is 11.1 Å². The smallest absolute Gasteiger partial charge is 0.337 e. The molecular formula is C28H23Cl2FN2O3S. The second-order valence-electron chi connectivity index (χ2n) is 9.39. The normalized spacial score (nSPS) is 13.6. The van der Waals surface area contributed by atoms with Crippen molar-refractivity contribution in [2.24, 2.45) is 4.99 Å². The Hall–Kier alpha value is -3.18. The van der Waals surface area contributed by atoms with Crippen LogP contribution in [0.5, 0.6) is 0 Å². The average Bonchev–Trinajstić information content (AvgIpc) is 2.80. The number of benzene rings is 3. The molecule has 0 aliphatic carbocycles. The number of fused-ring (bicyclic) bond motifs is 1. The number of nitrogens with zero attached hydrogens (tertiary/aromatic N) is 1. The first-order valence-corrected chi connectivity index (χ1v) is 13.2. The lowest BCUT2D eigenvalue weighted by Gasteiger charge is -2.21. The highest BCUT2D eigenvalue weighted by Gasteiger charge is 2.24. The molecule has 0 fully saturated rings. The Balaban J connectivity index is 1.84. The van der Waals surface area contributed by atoms with Gasteiger partial charge in [0.1, 0.15) is 16.8 Å². The minimum absolute atomic E-state index is 0.0318. The largest absolute Gasteiger partial charge is 0.478 e. The molecule has 0 aromatic heterocycles. The highest BCUT2D eigenvalue weighted by molar-refractivity contribution is 7.86. The van der Waals surface area contributed by atoms with Crippen molar-refractivity contribution in [2.75, 3.05) is 4.72 Å². The molecule has 9 heteroatoms. The van der Waals surface area contributed by atoms with Crippen LogP contribution in [-0.2, 0) is 22.8 Å². The van der Waals surface area contributed by atoms with Crippen LogP contribution in [0.3, 0.4) is 0 Å². The first-order valence-electron chi connectivity index (χ1n) is 11.3. The molecule has 1 aliphatic rings. The van der Waals surface area contributed by atoms with Gasteiger partial charge in [-0.05, 0) is 52.4 Å². The van der Waals surface area contributed by atoms with Gasteiger partial charge in [-0.25, -0.2) is 13.4 Å². The number of rotatable bonds is 5. The van der Waals surface area contributed by atoms with Gasteiger partial charge in [-0.2, -0.15) is 0 Å². The van der Waals surface area contributed by atoms with Crippen molar-refractivity contribution in [1.82, 2.24) is 0 Å². The monoisotopic (exact) mass is 556 g/mol. The van der Waals surface area contributed by atoms with E-state index >= 15 is 0 Å². The van der Waals surface area contributed by atoms with Crippen LogP contribution in [0.2, 0.25) is 10.0 Å². The number of nitrogens with one attached hydrogen (secondary N) is 1. The SMILES string of the molecule is CC(C)(C)c1ccc(S(=O)Nc2ccc(Cl)c(Cl)c2-c2ccc(C(=O)O)c3c2CC#CCC=N3)cc1F. The summed E-state index contributed by atoms with van der Waals surface area (Å²) >= 11 is 13.0. The summed E-state index contributed by atoms with van der Waals surface area (Å²) in [5.74, 6) is 4.43. The van der Waals surface area contributed by atoms with Crippen molar-refractivity contribution < 1.29 is 18.5 Å². The van der Waals surface area contributed by atoms with E-state index in [1.807, 2.05) is 20.8 Å². The Morgan fingerprint density at radius 1 is 1.14 bits per heavy atom. The Morgan fingerprint density at radius 2 is 1.89 bits per heavy atom. The second-order valence-corrected chi connectivity index (χ2v) is 11.4. The molecule has 37 heavy (non-hydrogen) atoms. The zero-order valence-electron chi connectivity index (χ0n) is 20.3. The Kier molecular flexibility index (Phi) is 7.75. The topological polar surface area (TPSA) is 78.8 Å². The quantitative estimate of drug-likeness (QED) is 0.318. The number of aromatic carboxylic acids is 1. The number of hydrogen-bond donors (Lipinski definition) is 2. The number of carbonyl (C=O) groups is 1. The van der Waals surface area contributed by atoms with Crippen molar-refractivity contribution >= 4 is 57.7 Å². The predicted octanol–water partition coefficient (Wildman–Crippen LogP) is 7.58. The molecule has 1 atom stereocenters. The van der Waals surface area contributed by atoms with Crippen LogP contribution in [-0.4, -0.2) is 21.5 Å². The number of halogens is 3. The molecule has 190 valence electrons. The van der Waals surface area contributed by atoms with E-state index in [4.69, 9.17) is 23.2 Å². The third kappa shape index (κ3) is 5.57. The van der Waals surface area contributed by atoms with E-state index in [-0.39, 0.29) is 32.6 Å². The predicted molar refractivity (Wildman–Crippen MR) is 148 cm³/mol. The van der Waals surface area contributed by atoms with Crippen LogP contribution in [0.1, 0.15) is 48.7 Å². The average molecular weight is 557 g/mol. The highest BCUT2D eigenvalue weighted by Crippen LogP contribution is 2.44. The lowest BCUT2D eigenvalue weighted by Crippen LogP contribution is -2.14.